The molecule has 2 aromatic heterocycles. The topological polar surface area (TPSA) is 83.3 Å². The van der Waals surface area contributed by atoms with Gasteiger partial charge in [-0.25, -0.2) is 9.97 Å². The molecule has 1 spiro atoms. The molecule has 3 heterocycles. The van der Waals surface area contributed by atoms with E-state index in [9.17, 15) is 9.90 Å². The summed E-state index contributed by atoms with van der Waals surface area (Å²) in [5, 5.41) is 15.0. The Morgan fingerprint density at radius 3 is 2.81 bits per heavy atom. The summed E-state index contributed by atoms with van der Waals surface area (Å²) in [6.45, 7) is 2.10. The summed E-state index contributed by atoms with van der Waals surface area (Å²) >= 11 is 0. The van der Waals surface area contributed by atoms with Crippen LogP contribution in [0.5, 0.6) is 0 Å². The Morgan fingerprint density at radius 1 is 1.31 bits per heavy atom. The zero-order valence-corrected chi connectivity index (χ0v) is 15.5. The van der Waals surface area contributed by atoms with E-state index in [-0.39, 0.29) is 11.0 Å². The van der Waals surface area contributed by atoms with Crippen LogP contribution in [0.25, 0.3) is 10.9 Å². The minimum Gasteiger partial charge on any atom is -0.387 e. The summed E-state index contributed by atoms with van der Waals surface area (Å²) in [6, 6.07) is 1.83. The highest BCUT2D eigenvalue weighted by Crippen LogP contribution is 2.51. The lowest BCUT2D eigenvalue weighted by Crippen LogP contribution is -2.60. The molecule has 26 heavy (non-hydrogen) atoms. The number of hydrogen-bond donors (Lipinski definition) is 2. The molecule has 1 saturated carbocycles. The molecule has 4 rings (SSSR count). The molecular formula is C19H27N5O2. The van der Waals surface area contributed by atoms with Gasteiger partial charge in [0.1, 0.15) is 0 Å². The molecule has 1 aliphatic heterocycles. The molecule has 0 radical (unpaired) electrons. The quantitative estimate of drug-likeness (QED) is 0.865. The van der Waals surface area contributed by atoms with Crippen LogP contribution in [0, 0.1) is 5.41 Å². The summed E-state index contributed by atoms with van der Waals surface area (Å²) in [6.07, 6.45) is 8.40. The van der Waals surface area contributed by atoms with Crippen molar-refractivity contribution < 1.29 is 5.11 Å². The van der Waals surface area contributed by atoms with Crippen molar-refractivity contribution in [2.24, 2.45) is 5.41 Å². The molecule has 0 aromatic carbocycles. The lowest BCUT2D eigenvalue weighted by atomic mass is 9.66. The molecule has 1 unspecified atom stereocenters. The van der Waals surface area contributed by atoms with Crippen molar-refractivity contribution in [3.63, 3.8) is 0 Å². The Labute approximate surface area is 153 Å². The number of pyridine rings is 1. The summed E-state index contributed by atoms with van der Waals surface area (Å²) in [5.74, 6) is 0.494. The fraction of sp³-hybridized carbons (Fsp3) is 0.632. The normalized spacial score (nSPS) is 25.8. The summed E-state index contributed by atoms with van der Waals surface area (Å²) in [5.41, 5.74) is -0.470. The SMILES string of the molecule is CNc1ncc2c(=O)n(CC3(O)CCN(C)CC34CCCC4)ccc2n1. The smallest absolute Gasteiger partial charge is 0.261 e. The van der Waals surface area contributed by atoms with Crippen LogP contribution in [0.4, 0.5) is 5.95 Å². The van der Waals surface area contributed by atoms with Crippen LogP contribution in [-0.2, 0) is 6.54 Å². The molecule has 0 amide bonds. The summed E-state index contributed by atoms with van der Waals surface area (Å²) in [4.78, 5) is 23.8. The Bertz CT molecular complexity index is 874. The highest BCUT2D eigenvalue weighted by atomic mass is 16.3. The first kappa shape index (κ1) is 17.4. The number of anilines is 1. The zero-order valence-electron chi connectivity index (χ0n) is 15.5. The van der Waals surface area contributed by atoms with E-state index in [1.807, 2.05) is 6.07 Å². The average molecular weight is 357 g/mol. The van der Waals surface area contributed by atoms with Gasteiger partial charge in [-0.05, 0) is 32.4 Å². The molecule has 2 N–H and O–H groups in total. The van der Waals surface area contributed by atoms with Gasteiger partial charge >= 0.3 is 0 Å². The minimum atomic E-state index is -0.848. The molecule has 1 saturated heterocycles. The predicted octanol–water partition coefficient (Wildman–Crippen LogP) is 1.46. The number of aliphatic hydroxyl groups is 1. The fourth-order valence-corrected chi connectivity index (χ4v) is 4.90. The number of nitrogens with zero attached hydrogens (tertiary/aromatic N) is 4. The van der Waals surface area contributed by atoms with Gasteiger partial charge in [0.2, 0.25) is 5.95 Å². The van der Waals surface area contributed by atoms with Crippen LogP contribution in [0.1, 0.15) is 32.1 Å². The van der Waals surface area contributed by atoms with Crippen molar-refractivity contribution >= 4 is 16.9 Å². The maximum Gasteiger partial charge on any atom is 0.261 e. The zero-order chi connectivity index (χ0) is 18.4. The summed E-state index contributed by atoms with van der Waals surface area (Å²) < 4.78 is 1.65. The number of fused-ring (bicyclic) bond motifs is 1. The van der Waals surface area contributed by atoms with Crippen molar-refractivity contribution in [1.82, 2.24) is 19.4 Å². The lowest BCUT2D eigenvalue weighted by molar-refractivity contribution is -0.139. The lowest BCUT2D eigenvalue weighted by Gasteiger charge is -2.51. The van der Waals surface area contributed by atoms with Crippen LogP contribution in [0.15, 0.2) is 23.3 Å². The molecule has 7 heteroatoms. The molecule has 1 atom stereocenters. The monoisotopic (exact) mass is 357 g/mol. The van der Waals surface area contributed by atoms with E-state index < -0.39 is 5.60 Å². The molecule has 2 fully saturated rings. The van der Waals surface area contributed by atoms with E-state index in [2.05, 4.69) is 27.2 Å². The van der Waals surface area contributed by atoms with E-state index >= 15 is 0 Å². The molecular weight excluding hydrogens is 330 g/mol. The van der Waals surface area contributed by atoms with Crippen LogP contribution in [0.3, 0.4) is 0 Å². The first-order valence-corrected chi connectivity index (χ1v) is 9.41. The molecule has 140 valence electrons. The standard InChI is InChI=1S/C19H27N5O2/c1-20-17-21-11-14-15(22-17)5-9-24(16(14)25)13-19(26)8-10-23(2)12-18(19)6-3-4-7-18/h5,9,11,26H,3-4,6-8,10,12-13H2,1-2H3,(H,20,21,22). The minimum absolute atomic E-state index is 0.110. The molecule has 2 aromatic rings. The van der Waals surface area contributed by atoms with Gasteiger partial charge in [0.05, 0.1) is 23.0 Å². The Kier molecular flexibility index (Phi) is 4.23. The van der Waals surface area contributed by atoms with Gasteiger partial charge in [-0.1, -0.05) is 12.8 Å². The average Bonchev–Trinajstić information content (AvgIpc) is 3.11. The van der Waals surface area contributed by atoms with E-state index in [0.29, 0.717) is 29.8 Å². The van der Waals surface area contributed by atoms with Gasteiger partial charge in [-0.15, -0.1) is 0 Å². The maximum absolute atomic E-state index is 13.0. The van der Waals surface area contributed by atoms with Crippen molar-refractivity contribution in [2.45, 2.75) is 44.2 Å². The highest BCUT2D eigenvalue weighted by molar-refractivity contribution is 5.77. The van der Waals surface area contributed by atoms with Crippen LogP contribution >= 0.6 is 0 Å². The van der Waals surface area contributed by atoms with Gasteiger partial charge in [-0.3, -0.25) is 4.79 Å². The maximum atomic E-state index is 13.0. The highest BCUT2D eigenvalue weighted by Gasteiger charge is 2.54. The van der Waals surface area contributed by atoms with Crippen molar-refractivity contribution in [3.8, 4) is 0 Å². The van der Waals surface area contributed by atoms with Crippen molar-refractivity contribution in [3.05, 3.63) is 28.8 Å². The van der Waals surface area contributed by atoms with E-state index in [1.165, 1.54) is 0 Å². The van der Waals surface area contributed by atoms with Crippen LogP contribution in [0.2, 0.25) is 0 Å². The summed E-state index contributed by atoms with van der Waals surface area (Å²) in [7, 11) is 3.87. The van der Waals surface area contributed by atoms with Crippen molar-refractivity contribution in [2.75, 3.05) is 32.5 Å². The second-order valence-corrected chi connectivity index (χ2v) is 8.00. The molecule has 1 aliphatic carbocycles. The third-order valence-corrected chi connectivity index (χ3v) is 6.40. The van der Waals surface area contributed by atoms with Crippen molar-refractivity contribution in [1.29, 1.82) is 0 Å². The number of rotatable bonds is 3. The van der Waals surface area contributed by atoms with Crippen LogP contribution < -0.4 is 10.9 Å². The van der Waals surface area contributed by atoms with E-state index in [0.717, 1.165) is 38.8 Å². The first-order valence-electron chi connectivity index (χ1n) is 9.41. The predicted molar refractivity (Wildman–Crippen MR) is 101 cm³/mol. The van der Waals surface area contributed by atoms with Gasteiger partial charge in [0, 0.05) is 37.9 Å². The fourth-order valence-electron chi connectivity index (χ4n) is 4.90. The Balaban J connectivity index is 1.71. The van der Waals surface area contributed by atoms with E-state index in [4.69, 9.17) is 0 Å². The largest absolute Gasteiger partial charge is 0.387 e. The van der Waals surface area contributed by atoms with Gasteiger partial charge in [0.15, 0.2) is 0 Å². The number of piperidine rings is 1. The number of likely N-dealkylation sites (tertiary alicyclic amines) is 1. The Morgan fingerprint density at radius 2 is 2.08 bits per heavy atom. The second kappa shape index (κ2) is 6.32. The number of nitrogens with one attached hydrogen (secondary N) is 1. The van der Waals surface area contributed by atoms with E-state index in [1.54, 1.807) is 24.0 Å². The molecule has 7 nitrogen and oxygen atoms in total. The van der Waals surface area contributed by atoms with Gasteiger partial charge in [0.25, 0.3) is 5.56 Å². The third-order valence-electron chi connectivity index (χ3n) is 6.40. The number of aromatic nitrogens is 3. The number of hydrogen-bond acceptors (Lipinski definition) is 6. The third kappa shape index (κ3) is 2.70. The van der Waals surface area contributed by atoms with Gasteiger partial charge in [-0.2, -0.15) is 0 Å². The second-order valence-electron chi connectivity index (χ2n) is 8.00. The molecule has 2 aliphatic rings. The van der Waals surface area contributed by atoms with Gasteiger partial charge < -0.3 is 19.9 Å². The first-order chi connectivity index (χ1) is 12.5. The molecule has 0 bridgehead atoms. The Hall–Kier alpha value is -1.99. The van der Waals surface area contributed by atoms with Crippen LogP contribution in [-0.4, -0.2) is 57.3 Å².